The molecular formula is C17H24N4O. The van der Waals surface area contributed by atoms with Crippen LogP contribution in [0.15, 0.2) is 18.3 Å². The minimum absolute atomic E-state index is 0.509. The number of hydrogen-bond acceptors (Lipinski definition) is 4. The Labute approximate surface area is 131 Å². The predicted octanol–water partition coefficient (Wildman–Crippen LogP) is 2.42. The van der Waals surface area contributed by atoms with E-state index in [2.05, 4.69) is 27.6 Å². The van der Waals surface area contributed by atoms with Crippen LogP contribution in [-0.2, 0) is 11.3 Å². The second-order valence-corrected chi connectivity index (χ2v) is 6.59. The van der Waals surface area contributed by atoms with Gasteiger partial charge < -0.3 is 14.2 Å². The van der Waals surface area contributed by atoms with Gasteiger partial charge in [0, 0.05) is 37.9 Å². The molecule has 2 saturated heterocycles. The van der Waals surface area contributed by atoms with Gasteiger partial charge in [-0.1, -0.05) is 0 Å². The van der Waals surface area contributed by atoms with Gasteiger partial charge in [0.25, 0.3) is 0 Å². The molecule has 2 aliphatic heterocycles. The van der Waals surface area contributed by atoms with Gasteiger partial charge in [-0.3, -0.25) is 0 Å². The lowest BCUT2D eigenvalue weighted by Gasteiger charge is -2.25. The van der Waals surface area contributed by atoms with Gasteiger partial charge >= 0.3 is 0 Å². The fourth-order valence-corrected chi connectivity index (χ4v) is 3.84. The van der Waals surface area contributed by atoms with Crippen molar-refractivity contribution in [3.8, 4) is 0 Å². The Morgan fingerprint density at radius 3 is 2.91 bits per heavy atom. The van der Waals surface area contributed by atoms with Crippen LogP contribution in [0.5, 0.6) is 0 Å². The number of ether oxygens (including phenoxy) is 1. The van der Waals surface area contributed by atoms with E-state index < -0.39 is 0 Å². The van der Waals surface area contributed by atoms with Gasteiger partial charge in [-0.15, -0.1) is 0 Å². The standard InChI is InChI=1S/C17H24N4O/c1-20-9-3-4-14(20)12-21-16(13-6-10-22-11-7-13)19-15-5-2-8-18-17(15)21/h2,5,8,13-14H,3-4,6-7,9-12H2,1H3. The van der Waals surface area contributed by atoms with E-state index >= 15 is 0 Å². The molecule has 0 N–H and O–H groups in total. The summed E-state index contributed by atoms with van der Waals surface area (Å²) in [5.41, 5.74) is 2.08. The molecule has 5 heteroatoms. The van der Waals surface area contributed by atoms with E-state index in [-0.39, 0.29) is 0 Å². The molecule has 2 aromatic rings. The summed E-state index contributed by atoms with van der Waals surface area (Å²) in [4.78, 5) is 12.0. The Kier molecular flexibility index (Phi) is 3.84. The zero-order valence-corrected chi connectivity index (χ0v) is 13.2. The zero-order chi connectivity index (χ0) is 14.9. The number of nitrogens with zero attached hydrogens (tertiary/aromatic N) is 4. The first-order valence-electron chi connectivity index (χ1n) is 8.42. The SMILES string of the molecule is CN1CCCC1Cn1c(C2CCOCC2)nc2cccnc21. The number of imidazole rings is 1. The number of likely N-dealkylation sites (N-methyl/N-ethyl adjacent to an activating group) is 1. The first kappa shape index (κ1) is 14.2. The van der Waals surface area contributed by atoms with Gasteiger partial charge in [-0.25, -0.2) is 9.97 Å². The average Bonchev–Trinajstić information content (AvgIpc) is 3.13. The Bertz CT molecular complexity index is 647. The average molecular weight is 300 g/mol. The second kappa shape index (κ2) is 5.97. The third kappa shape index (κ3) is 2.52. The first-order chi connectivity index (χ1) is 10.8. The summed E-state index contributed by atoms with van der Waals surface area (Å²) in [5, 5.41) is 0. The molecule has 1 unspecified atom stereocenters. The van der Waals surface area contributed by atoms with E-state index in [1.54, 1.807) is 0 Å². The lowest BCUT2D eigenvalue weighted by Crippen LogP contribution is -2.30. The van der Waals surface area contributed by atoms with E-state index in [1.807, 2.05) is 12.3 Å². The minimum atomic E-state index is 0.509. The van der Waals surface area contributed by atoms with Crippen molar-refractivity contribution in [3.05, 3.63) is 24.2 Å². The highest BCUT2D eigenvalue weighted by Gasteiger charge is 2.27. The molecule has 0 aliphatic carbocycles. The minimum Gasteiger partial charge on any atom is -0.381 e. The van der Waals surface area contributed by atoms with E-state index in [0.29, 0.717) is 12.0 Å². The fourth-order valence-electron chi connectivity index (χ4n) is 3.84. The molecule has 0 spiro atoms. The number of hydrogen-bond donors (Lipinski definition) is 0. The molecule has 118 valence electrons. The summed E-state index contributed by atoms with van der Waals surface area (Å²) in [7, 11) is 2.23. The van der Waals surface area contributed by atoms with Crippen molar-refractivity contribution in [1.82, 2.24) is 19.4 Å². The second-order valence-electron chi connectivity index (χ2n) is 6.59. The van der Waals surface area contributed by atoms with Gasteiger partial charge in [-0.2, -0.15) is 0 Å². The van der Waals surface area contributed by atoms with Crippen LogP contribution in [0.4, 0.5) is 0 Å². The molecule has 4 rings (SSSR count). The molecule has 2 aliphatic rings. The van der Waals surface area contributed by atoms with Crippen molar-refractivity contribution in [1.29, 1.82) is 0 Å². The van der Waals surface area contributed by atoms with Crippen molar-refractivity contribution in [2.24, 2.45) is 0 Å². The molecule has 2 aromatic heterocycles. The summed E-state index contributed by atoms with van der Waals surface area (Å²) in [5.74, 6) is 1.73. The van der Waals surface area contributed by atoms with Crippen LogP contribution in [0.3, 0.4) is 0 Å². The number of likely N-dealkylation sites (tertiary alicyclic amines) is 1. The van der Waals surface area contributed by atoms with E-state index in [4.69, 9.17) is 9.72 Å². The van der Waals surface area contributed by atoms with Crippen LogP contribution in [0.25, 0.3) is 11.2 Å². The van der Waals surface area contributed by atoms with Crippen LogP contribution in [0, 0.1) is 0 Å². The Morgan fingerprint density at radius 1 is 1.27 bits per heavy atom. The maximum absolute atomic E-state index is 5.52. The van der Waals surface area contributed by atoms with E-state index in [9.17, 15) is 0 Å². The number of pyridine rings is 1. The molecule has 5 nitrogen and oxygen atoms in total. The highest BCUT2D eigenvalue weighted by molar-refractivity contribution is 5.71. The zero-order valence-electron chi connectivity index (χ0n) is 13.2. The smallest absolute Gasteiger partial charge is 0.160 e. The lowest BCUT2D eigenvalue weighted by atomic mass is 9.99. The van der Waals surface area contributed by atoms with Crippen LogP contribution in [0.2, 0.25) is 0 Å². The lowest BCUT2D eigenvalue weighted by molar-refractivity contribution is 0.0826. The molecule has 2 fully saturated rings. The number of fused-ring (bicyclic) bond motifs is 1. The Morgan fingerprint density at radius 2 is 2.14 bits per heavy atom. The first-order valence-corrected chi connectivity index (χ1v) is 8.42. The number of aromatic nitrogens is 3. The van der Waals surface area contributed by atoms with Crippen molar-refractivity contribution in [2.75, 3.05) is 26.8 Å². The predicted molar refractivity (Wildman–Crippen MR) is 86.0 cm³/mol. The molecule has 22 heavy (non-hydrogen) atoms. The molecule has 0 aromatic carbocycles. The third-order valence-electron chi connectivity index (χ3n) is 5.18. The third-order valence-corrected chi connectivity index (χ3v) is 5.18. The van der Waals surface area contributed by atoms with Crippen LogP contribution >= 0.6 is 0 Å². The van der Waals surface area contributed by atoms with Gasteiger partial charge in [0.1, 0.15) is 11.3 Å². The number of rotatable bonds is 3. The normalized spacial score (nSPS) is 24.3. The van der Waals surface area contributed by atoms with Gasteiger partial charge in [0.15, 0.2) is 5.65 Å². The molecule has 0 amide bonds. The van der Waals surface area contributed by atoms with Crippen LogP contribution < -0.4 is 0 Å². The van der Waals surface area contributed by atoms with Crippen molar-refractivity contribution < 1.29 is 4.74 Å². The van der Waals surface area contributed by atoms with Crippen LogP contribution in [0.1, 0.15) is 37.4 Å². The summed E-state index contributed by atoms with van der Waals surface area (Å²) >= 11 is 0. The highest BCUT2D eigenvalue weighted by atomic mass is 16.5. The highest BCUT2D eigenvalue weighted by Crippen LogP contribution is 2.30. The Balaban J connectivity index is 1.72. The summed E-state index contributed by atoms with van der Waals surface area (Å²) in [6.45, 7) is 3.92. The maximum atomic E-state index is 5.52. The van der Waals surface area contributed by atoms with Gasteiger partial charge in [0.05, 0.1) is 0 Å². The summed E-state index contributed by atoms with van der Waals surface area (Å²) in [6.07, 6.45) is 6.60. The van der Waals surface area contributed by atoms with Gasteiger partial charge in [-0.05, 0) is 51.4 Å². The molecule has 1 atom stereocenters. The van der Waals surface area contributed by atoms with E-state index in [1.165, 1.54) is 25.2 Å². The largest absolute Gasteiger partial charge is 0.381 e. The van der Waals surface area contributed by atoms with E-state index in [0.717, 1.165) is 43.8 Å². The molecule has 0 saturated carbocycles. The fraction of sp³-hybridized carbons (Fsp3) is 0.647. The van der Waals surface area contributed by atoms with Gasteiger partial charge in [0.2, 0.25) is 0 Å². The molecule has 0 bridgehead atoms. The van der Waals surface area contributed by atoms with Crippen LogP contribution in [-0.4, -0.2) is 52.3 Å². The molecule has 0 radical (unpaired) electrons. The quantitative estimate of drug-likeness (QED) is 0.873. The Hall–Kier alpha value is -1.46. The maximum Gasteiger partial charge on any atom is 0.160 e. The summed E-state index contributed by atoms with van der Waals surface area (Å²) < 4.78 is 7.91. The molecule has 4 heterocycles. The van der Waals surface area contributed by atoms with Crippen molar-refractivity contribution in [2.45, 2.75) is 44.2 Å². The van der Waals surface area contributed by atoms with Crippen molar-refractivity contribution in [3.63, 3.8) is 0 Å². The molecular weight excluding hydrogens is 276 g/mol. The topological polar surface area (TPSA) is 43.2 Å². The van der Waals surface area contributed by atoms with Crippen molar-refractivity contribution >= 4 is 11.2 Å². The monoisotopic (exact) mass is 300 g/mol. The summed E-state index contributed by atoms with van der Waals surface area (Å²) in [6, 6.07) is 4.67.